The number of amides is 1. The molecule has 1 aliphatic heterocycles. The molecule has 1 amide bonds. The number of aryl methyl sites for hydroxylation is 2. The zero-order valence-corrected chi connectivity index (χ0v) is 15.0. The molecule has 0 unspecified atom stereocenters. The van der Waals surface area contributed by atoms with Crippen molar-refractivity contribution in [2.24, 2.45) is 0 Å². The average Bonchev–Trinajstić information content (AvgIpc) is 2.44. The minimum atomic E-state index is -0.0113. The highest BCUT2D eigenvalue weighted by molar-refractivity contribution is 6.17. The molecule has 22 heavy (non-hydrogen) atoms. The molecule has 0 saturated carbocycles. The van der Waals surface area contributed by atoms with Crippen LogP contribution in [0.2, 0.25) is 0 Å². The topological polar surface area (TPSA) is 32.3 Å². The Labute approximate surface area is 144 Å². The number of rotatable bonds is 5. The summed E-state index contributed by atoms with van der Waals surface area (Å²) in [4.78, 5) is 14.9. The third-order valence-electron chi connectivity index (χ3n) is 3.98. The molecule has 1 aromatic rings. The van der Waals surface area contributed by atoms with Gasteiger partial charge >= 0.3 is 0 Å². The first-order chi connectivity index (χ1) is 10.1. The van der Waals surface area contributed by atoms with Gasteiger partial charge in [0.25, 0.3) is 0 Å². The van der Waals surface area contributed by atoms with E-state index in [-0.39, 0.29) is 24.4 Å². The molecular formula is C17H26Cl2N2O. The Kier molecular flexibility index (Phi) is 8.23. The largest absolute Gasteiger partial charge is 0.325 e. The second-order valence-corrected chi connectivity index (χ2v) is 6.33. The lowest BCUT2D eigenvalue weighted by molar-refractivity contribution is -0.122. The predicted octanol–water partition coefficient (Wildman–Crippen LogP) is 4.15. The van der Waals surface area contributed by atoms with E-state index in [0.717, 1.165) is 38.0 Å². The van der Waals surface area contributed by atoms with Crippen LogP contribution in [0.25, 0.3) is 0 Å². The van der Waals surface area contributed by atoms with Gasteiger partial charge in [-0.3, -0.25) is 9.69 Å². The van der Waals surface area contributed by atoms with Gasteiger partial charge in [-0.1, -0.05) is 12.5 Å². The Morgan fingerprint density at radius 2 is 1.95 bits per heavy atom. The summed E-state index contributed by atoms with van der Waals surface area (Å²) in [6.07, 6.45) is 4.19. The van der Waals surface area contributed by atoms with Gasteiger partial charge in [0, 0.05) is 18.1 Å². The van der Waals surface area contributed by atoms with Crippen LogP contribution in [-0.2, 0) is 4.79 Å². The van der Waals surface area contributed by atoms with Crippen LogP contribution in [0.3, 0.4) is 0 Å². The molecule has 3 nitrogen and oxygen atoms in total. The van der Waals surface area contributed by atoms with Crippen molar-refractivity contribution >= 4 is 35.6 Å². The average molecular weight is 345 g/mol. The number of carbonyl (C=O) groups is 1. The van der Waals surface area contributed by atoms with Gasteiger partial charge in [0.1, 0.15) is 0 Å². The number of piperidine rings is 1. The second-order valence-electron chi connectivity index (χ2n) is 5.96. The quantitative estimate of drug-likeness (QED) is 0.813. The lowest BCUT2D eigenvalue weighted by Crippen LogP contribution is -2.47. The molecule has 0 radical (unpaired) electrons. The van der Waals surface area contributed by atoms with Crippen LogP contribution in [0.15, 0.2) is 18.2 Å². The number of hydrogen-bond acceptors (Lipinski definition) is 2. The minimum Gasteiger partial charge on any atom is -0.325 e. The summed E-state index contributed by atoms with van der Waals surface area (Å²) in [6.45, 7) is 6.02. The molecule has 0 spiro atoms. The van der Waals surface area contributed by atoms with Crippen LogP contribution in [0.5, 0.6) is 0 Å². The first-order valence-corrected chi connectivity index (χ1v) is 8.33. The smallest absolute Gasteiger partial charge is 0.241 e. The normalized spacial score (nSPS) is 18.6. The molecular weight excluding hydrogens is 319 g/mol. The fourth-order valence-corrected chi connectivity index (χ4v) is 3.21. The summed E-state index contributed by atoms with van der Waals surface area (Å²) >= 11 is 5.79. The lowest BCUT2D eigenvalue weighted by atomic mass is 10.0. The Hall–Kier alpha value is -0.770. The van der Waals surface area contributed by atoms with Crippen molar-refractivity contribution in [2.75, 3.05) is 24.3 Å². The number of halogens is 2. The highest BCUT2D eigenvalue weighted by Crippen LogP contribution is 2.20. The number of carbonyl (C=O) groups excluding carboxylic acids is 1. The minimum absolute atomic E-state index is 0. The predicted molar refractivity (Wildman–Crippen MR) is 96.3 cm³/mol. The second kappa shape index (κ2) is 9.39. The van der Waals surface area contributed by atoms with Gasteiger partial charge in [0.2, 0.25) is 5.91 Å². The van der Waals surface area contributed by atoms with Gasteiger partial charge in [0.15, 0.2) is 0 Å². The molecule has 1 atom stereocenters. The van der Waals surface area contributed by atoms with Crippen LogP contribution < -0.4 is 5.32 Å². The summed E-state index contributed by atoms with van der Waals surface area (Å²) in [5, 5.41) is 3.09. The maximum atomic E-state index is 12.6. The molecule has 1 N–H and O–H groups in total. The lowest BCUT2D eigenvalue weighted by Gasteiger charge is -2.34. The van der Waals surface area contributed by atoms with Gasteiger partial charge in [0.05, 0.1) is 6.04 Å². The molecule has 1 saturated heterocycles. The summed E-state index contributed by atoms with van der Waals surface area (Å²) in [5.74, 6) is 0.774. The van der Waals surface area contributed by atoms with Gasteiger partial charge < -0.3 is 5.32 Å². The van der Waals surface area contributed by atoms with E-state index < -0.39 is 0 Å². The van der Waals surface area contributed by atoms with E-state index in [1.165, 1.54) is 17.5 Å². The van der Waals surface area contributed by atoms with E-state index in [1.54, 1.807) is 0 Å². The first kappa shape index (κ1) is 19.3. The molecule has 0 bridgehead atoms. The Bertz CT molecular complexity index is 473. The molecule has 0 aliphatic carbocycles. The summed E-state index contributed by atoms with van der Waals surface area (Å²) in [5.41, 5.74) is 3.25. The third kappa shape index (κ3) is 5.45. The molecule has 1 aromatic carbocycles. The monoisotopic (exact) mass is 344 g/mol. The van der Waals surface area contributed by atoms with Gasteiger partial charge in [-0.25, -0.2) is 0 Å². The number of benzene rings is 1. The van der Waals surface area contributed by atoms with Gasteiger partial charge in [-0.2, -0.15) is 0 Å². The number of alkyl halides is 1. The van der Waals surface area contributed by atoms with Crippen molar-refractivity contribution in [3.05, 3.63) is 29.3 Å². The van der Waals surface area contributed by atoms with Crippen molar-refractivity contribution in [1.29, 1.82) is 0 Å². The van der Waals surface area contributed by atoms with E-state index in [1.807, 2.05) is 12.1 Å². The first-order valence-electron chi connectivity index (χ1n) is 7.79. The van der Waals surface area contributed by atoms with E-state index in [0.29, 0.717) is 5.88 Å². The van der Waals surface area contributed by atoms with E-state index >= 15 is 0 Å². The summed E-state index contributed by atoms with van der Waals surface area (Å²) in [6, 6.07) is 6.15. The zero-order valence-electron chi connectivity index (χ0n) is 13.4. The zero-order chi connectivity index (χ0) is 15.2. The number of likely N-dealkylation sites (tertiary alicyclic amines) is 1. The van der Waals surface area contributed by atoms with Crippen LogP contribution in [0, 0.1) is 13.8 Å². The third-order valence-corrected chi connectivity index (χ3v) is 4.25. The Morgan fingerprint density at radius 1 is 1.27 bits per heavy atom. The van der Waals surface area contributed by atoms with Crippen LogP contribution >= 0.6 is 24.0 Å². The maximum Gasteiger partial charge on any atom is 0.241 e. The van der Waals surface area contributed by atoms with Crippen molar-refractivity contribution in [3.63, 3.8) is 0 Å². The molecule has 0 aromatic heterocycles. The number of anilines is 1. The van der Waals surface area contributed by atoms with E-state index in [9.17, 15) is 4.79 Å². The standard InChI is InChI=1S/C17H25ClN2O.ClH/c1-13-10-14(2)12-15(11-13)19-17(21)16-6-3-4-8-20(16)9-5-7-18;/h10-12,16H,3-9H2,1-2H3,(H,19,21);1H/t16-;/m0./s1. The van der Waals surface area contributed by atoms with Crippen molar-refractivity contribution in [3.8, 4) is 0 Å². The molecule has 124 valence electrons. The number of nitrogens with one attached hydrogen (secondary N) is 1. The Morgan fingerprint density at radius 3 is 2.59 bits per heavy atom. The molecule has 1 aliphatic rings. The highest BCUT2D eigenvalue weighted by atomic mass is 35.5. The van der Waals surface area contributed by atoms with Crippen LogP contribution in [-0.4, -0.2) is 35.8 Å². The van der Waals surface area contributed by atoms with Gasteiger partial charge in [-0.05, 0) is 62.9 Å². The van der Waals surface area contributed by atoms with Crippen LogP contribution in [0.4, 0.5) is 5.69 Å². The fourth-order valence-electron chi connectivity index (χ4n) is 3.09. The molecule has 1 fully saturated rings. The van der Waals surface area contributed by atoms with E-state index in [4.69, 9.17) is 11.6 Å². The number of hydrogen-bond donors (Lipinski definition) is 1. The van der Waals surface area contributed by atoms with Crippen molar-refractivity contribution < 1.29 is 4.79 Å². The number of nitrogens with zero attached hydrogens (tertiary/aromatic N) is 1. The summed E-state index contributed by atoms with van der Waals surface area (Å²) < 4.78 is 0. The summed E-state index contributed by atoms with van der Waals surface area (Å²) in [7, 11) is 0. The van der Waals surface area contributed by atoms with Crippen LogP contribution in [0.1, 0.15) is 36.8 Å². The van der Waals surface area contributed by atoms with Crippen molar-refractivity contribution in [1.82, 2.24) is 4.90 Å². The fraction of sp³-hybridized carbons (Fsp3) is 0.588. The Balaban J connectivity index is 0.00000242. The molecule has 2 rings (SSSR count). The maximum absolute atomic E-state index is 12.6. The SMILES string of the molecule is Cc1cc(C)cc(NC(=O)[C@@H]2CCCCN2CCCCl)c1.Cl. The van der Waals surface area contributed by atoms with Gasteiger partial charge in [-0.15, -0.1) is 24.0 Å². The molecule has 1 heterocycles. The van der Waals surface area contributed by atoms with Crippen molar-refractivity contribution in [2.45, 2.75) is 45.6 Å². The molecule has 5 heteroatoms. The highest BCUT2D eigenvalue weighted by Gasteiger charge is 2.28. The van der Waals surface area contributed by atoms with E-state index in [2.05, 4.69) is 30.1 Å².